The van der Waals surface area contributed by atoms with Gasteiger partial charge in [-0.2, -0.15) is 8.42 Å². The van der Waals surface area contributed by atoms with Crippen molar-refractivity contribution >= 4 is 39.1 Å². The zero-order valence-electron chi connectivity index (χ0n) is 31.2. The third-order valence-electron chi connectivity index (χ3n) is 8.89. The molecule has 280 valence electrons. The summed E-state index contributed by atoms with van der Waals surface area (Å²) >= 11 is 0. The van der Waals surface area contributed by atoms with Gasteiger partial charge in [-0.3, -0.25) is 18.9 Å². The van der Waals surface area contributed by atoms with Crippen LogP contribution in [-0.4, -0.2) is 36.2 Å². The van der Waals surface area contributed by atoms with Crippen molar-refractivity contribution in [3.05, 3.63) is 48.5 Å². The van der Waals surface area contributed by atoms with Crippen LogP contribution in [-0.2, 0) is 24.5 Å². The number of anilines is 2. The number of hydrogen-bond donors (Lipinski definition) is 3. The van der Waals surface area contributed by atoms with Gasteiger partial charge in [0, 0.05) is 29.6 Å². The lowest BCUT2D eigenvalue weighted by molar-refractivity contribution is -0.152. The molecule has 10 heteroatoms. The summed E-state index contributed by atoms with van der Waals surface area (Å²) in [7, 11) is -4.41. The molecular formula is C40H62N2O7S. The molecule has 0 saturated carbocycles. The summed E-state index contributed by atoms with van der Waals surface area (Å²) in [5, 5.41) is 5.67. The monoisotopic (exact) mass is 714 g/mol. The lowest BCUT2D eigenvalue weighted by Crippen LogP contribution is -2.58. The molecule has 2 aromatic carbocycles. The molecule has 2 amide bonds. The minimum absolute atomic E-state index is 0.0574. The van der Waals surface area contributed by atoms with Crippen LogP contribution in [0.1, 0.15) is 150 Å². The fourth-order valence-corrected chi connectivity index (χ4v) is 6.46. The van der Waals surface area contributed by atoms with E-state index in [0.717, 1.165) is 32.1 Å². The van der Waals surface area contributed by atoms with Gasteiger partial charge in [0.15, 0.2) is 5.78 Å². The van der Waals surface area contributed by atoms with Crippen molar-refractivity contribution in [2.24, 2.45) is 5.41 Å². The van der Waals surface area contributed by atoms with Gasteiger partial charge < -0.3 is 15.4 Å². The number of carbonyl (C=O) groups excluding carboxylic acids is 3. The second-order valence-electron chi connectivity index (χ2n) is 14.5. The van der Waals surface area contributed by atoms with Crippen molar-refractivity contribution < 1.29 is 32.1 Å². The Morgan fingerprint density at radius 2 is 1.08 bits per heavy atom. The van der Waals surface area contributed by atoms with Gasteiger partial charge in [-0.25, -0.2) is 0 Å². The van der Waals surface area contributed by atoms with Crippen LogP contribution < -0.4 is 15.4 Å². The van der Waals surface area contributed by atoms with Crippen LogP contribution in [0.15, 0.2) is 53.4 Å². The van der Waals surface area contributed by atoms with E-state index in [0.29, 0.717) is 24.3 Å². The summed E-state index contributed by atoms with van der Waals surface area (Å²) in [6.45, 7) is 9.47. The number of unbranched alkanes of at least 4 members (excludes halogenated alkanes) is 14. The van der Waals surface area contributed by atoms with Gasteiger partial charge in [0.2, 0.25) is 11.5 Å². The number of benzene rings is 2. The van der Waals surface area contributed by atoms with E-state index in [9.17, 15) is 27.4 Å². The Kier molecular flexibility index (Phi) is 18.8. The molecule has 2 aromatic rings. The van der Waals surface area contributed by atoms with Crippen LogP contribution >= 0.6 is 0 Å². The van der Waals surface area contributed by atoms with E-state index in [1.165, 1.54) is 88.5 Å². The molecule has 0 heterocycles. The van der Waals surface area contributed by atoms with Crippen LogP contribution in [0.5, 0.6) is 5.75 Å². The highest BCUT2D eigenvalue weighted by molar-refractivity contribution is 7.85. The first-order valence-electron chi connectivity index (χ1n) is 18.8. The van der Waals surface area contributed by atoms with Crippen molar-refractivity contribution in [1.29, 1.82) is 0 Å². The Hall–Kier alpha value is -3.24. The highest BCUT2D eigenvalue weighted by atomic mass is 32.2. The van der Waals surface area contributed by atoms with Crippen molar-refractivity contribution in [3.63, 3.8) is 0 Å². The Bertz CT molecular complexity index is 1420. The quantitative estimate of drug-likeness (QED) is 0.0528. The number of carbonyl (C=O) groups is 3. The molecular weight excluding hydrogens is 653 g/mol. The Morgan fingerprint density at radius 3 is 1.56 bits per heavy atom. The Balaban J connectivity index is 1.99. The zero-order valence-corrected chi connectivity index (χ0v) is 32.0. The van der Waals surface area contributed by atoms with Crippen molar-refractivity contribution in [2.75, 3.05) is 10.6 Å². The summed E-state index contributed by atoms with van der Waals surface area (Å²) in [6.07, 6.45) is 19.0. The molecule has 0 aliphatic rings. The average Bonchev–Trinajstić information content (AvgIpc) is 3.06. The molecule has 0 spiro atoms. The molecule has 0 aromatic heterocycles. The van der Waals surface area contributed by atoms with Crippen molar-refractivity contribution in [3.8, 4) is 5.75 Å². The van der Waals surface area contributed by atoms with E-state index in [4.69, 9.17) is 4.74 Å². The summed E-state index contributed by atoms with van der Waals surface area (Å²) < 4.78 is 38.6. The second kappa shape index (κ2) is 21.9. The van der Waals surface area contributed by atoms with E-state index >= 15 is 0 Å². The van der Waals surface area contributed by atoms with Gasteiger partial charge in [-0.05, 0) is 61.4 Å². The normalized spacial score (nSPS) is 13.0. The van der Waals surface area contributed by atoms with E-state index in [1.807, 2.05) is 6.92 Å². The predicted molar refractivity (Wildman–Crippen MR) is 202 cm³/mol. The largest absolute Gasteiger partial charge is 0.469 e. The predicted octanol–water partition coefficient (Wildman–Crippen LogP) is 10.3. The molecule has 3 N–H and O–H groups in total. The molecule has 0 fully saturated rings. The van der Waals surface area contributed by atoms with E-state index in [2.05, 4.69) is 17.6 Å². The summed E-state index contributed by atoms with van der Waals surface area (Å²) in [6, 6.07) is 11.7. The maximum absolute atomic E-state index is 14.0. The first-order chi connectivity index (χ1) is 23.7. The minimum atomic E-state index is -4.41. The molecule has 1 atom stereocenters. The van der Waals surface area contributed by atoms with E-state index < -0.39 is 32.8 Å². The Labute approximate surface area is 301 Å². The first kappa shape index (κ1) is 42.9. The summed E-state index contributed by atoms with van der Waals surface area (Å²) in [5.74, 6) is -0.838. The fourth-order valence-electron chi connectivity index (χ4n) is 5.98. The lowest BCUT2D eigenvalue weighted by Gasteiger charge is -2.36. The second-order valence-corrected chi connectivity index (χ2v) is 15.9. The van der Waals surface area contributed by atoms with Crippen LogP contribution in [0, 0.1) is 5.41 Å². The summed E-state index contributed by atoms with van der Waals surface area (Å²) in [5.41, 5.74) is -1.97. The SMILES string of the molecule is CCCCCCCCCCCCCCCC(=O)Nc1ccc(OC(CCCCC)(C(=O)Nc2ccc(S(=O)(=O)O)cc2)C(=O)C(C)(C)C)cc1. The maximum atomic E-state index is 14.0. The molecule has 2 rings (SSSR count). The molecule has 1 unspecified atom stereocenters. The number of amides is 2. The van der Waals surface area contributed by atoms with Crippen molar-refractivity contribution in [1.82, 2.24) is 0 Å². The third-order valence-corrected chi connectivity index (χ3v) is 9.76. The maximum Gasteiger partial charge on any atom is 0.294 e. The average molecular weight is 715 g/mol. The standard InChI is InChI=1S/C40H62N2O7S/c1-6-8-10-11-12-13-14-15-16-17-18-19-20-22-36(43)41-32-23-27-34(28-24-32)49-40(31-21-9-7-2,37(44)39(3,4)5)38(45)42-33-25-29-35(30-26-33)50(46,47)48/h23-30H,6-22,31H2,1-5H3,(H,41,43)(H,42,45)(H,46,47,48). The molecule has 50 heavy (non-hydrogen) atoms. The molecule has 0 aliphatic heterocycles. The van der Waals surface area contributed by atoms with Gasteiger partial charge in [0.1, 0.15) is 5.75 Å². The molecule has 0 aliphatic carbocycles. The number of hydrogen-bond acceptors (Lipinski definition) is 6. The van der Waals surface area contributed by atoms with Gasteiger partial charge in [-0.1, -0.05) is 125 Å². The van der Waals surface area contributed by atoms with Gasteiger partial charge >= 0.3 is 0 Å². The number of ketones is 1. The smallest absolute Gasteiger partial charge is 0.294 e. The van der Waals surface area contributed by atoms with Crippen LogP contribution in [0.25, 0.3) is 0 Å². The highest BCUT2D eigenvalue weighted by Crippen LogP contribution is 2.34. The van der Waals surface area contributed by atoms with Gasteiger partial charge in [-0.15, -0.1) is 0 Å². The van der Waals surface area contributed by atoms with Gasteiger partial charge in [0.05, 0.1) is 4.90 Å². The lowest BCUT2D eigenvalue weighted by atomic mass is 9.76. The number of rotatable bonds is 25. The van der Waals surface area contributed by atoms with Crippen LogP contribution in [0.3, 0.4) is 0 Å². The fraction of sp³-hybridized carbons (Fsp3) is 0.625. The van der Waals surface area contributed by atoms with Crippen LogP contribution in [0.2, 0.25) is 0 Å². The molecule has 9 nitrogen and oxygen atoms in total. The van der Waals surface area contributed by atoms with E-state index in [1.54, 1.807) is 45.0 Å². The Morgan fingerprint density at radius 1 is 0.640 bits per heavy atom. The van der Waals surface area contributed by atoms with E-state index in [-0.39, 0.29) is 22.9 Å². The first-order valence-corrected chi connectivity index (χ1v) is 20.2. The third kappa shape index (κ3) is 15.3. The topological polar surface area (TPSA) is 139 Å². The number of ether oxygens (including phenoxy) is 1. The number of Topliss-reactive ketones (excluding diaryl/α,β-unsaturated/α-hetero) is 1. The van der Waals surface area contributed by atoms with Gasteiger partial charge in [0.25, 0.3) is 16.0 Å². The molecule has 0 bridgehead atoms. The van der Waals surface area contributed by atoms with Crippen LogP contribution in [0.4, 0.5) is 11.4 Å². The highest BCUT2D eigenvalue weighted by Gasteiger charge is 2.52. The molecule has 0 saturated heterocycles. The molecule has 0 radical (unpaired) electrons. The summed E-state index contributed by atoms with van der Waals surface area (Å²) in [4.78, 5) is 40.3. The zero-order chi connectivity index (χ0) is 37.0. The minimum Gasteiger partial charge on any atom is -0.469 e. The number of nitrogens with one attached hydrogen (secondary N) is 2. The van der Waals surface area contributed by atoms with Crippen molar-refractivity contribution in [2.45, 2.75) is 161 Å².